The number of hydrogen-bond donors (Lipinski definition) is 0. The predicted octanol–water partition coefficient (Wildman–Crippen LogP) is 4.04. The van der Waals surface area contributed by atoms with Crippen molar-refractivity contribution in [1.82, 2.24) is 0 Å². The summed E-state index contributed by atoms with van der Waals surface area (Å²) < 4.78 is 13.4. The molecule has 0 nitrogen and oxygen atoms in total. The van der Waals surface area contributed by atoms with Crippen LogP contribution in [0, 0.1) is 5.82 Å². The maximum absolute atomic E-state index is 12.9. The third kappa shape index (κ3) is 2.03. The second-order valence-electron chi connectivity index (χ2n) is 2.26. The summed E-state index contributed by atoms with van der Waals surface area (Å²) in [6.45, 7) is 1.96. The zero-order chi connectivity index (χ0) is 8.43. The van der Waals surface area contributed by atoms with Gasteiger partial charge in [-0.3, -0.25) is 0 Å². The van der Waals surface area contributed by atoms with Gasteiger partial charge in [0.05, 0.1) is 4.47 Å². The molecule has 0 N–H and O–H groups in total. The van der Waals surface area contributed by atoms with Crippen molar-refractivity contribution in [3.05, 3.63) is 34.1 Å². The lowest BCUT2D eigenvalue weighted by molar-refractivity contribution is 0.618. The Bertz CT molecular complexity index is 258. The van der Waals surface area contributed by atoms with Crippen molar-refractivity contribution in [1.29, 1.82) is 0 Å². The lowest BCUT2D eigenvalue weighted by Gasteiger charge is -2.06. The molecule has 60 valence electrons. The van der Waals surface area contributed by atoms with Crippen LogP contribution in [0.4, 0.5) is 4.39 Å². The molecule has 1 atom stereocenters. The van der Waals surface area contributed by atoms with Crippen molar-refractivity contribution >= 4 is 31.9 Å². The first-order valence-corrected chi connectivity index (χ1v) is 4.91. The number of halogens is 3. The molecule has 0 aliphatic carbocycles. The molecule has 3 heteroatoms. The molecule has 0 aliphatic heterocycles. The van der Waals surface area contributed by atoms with E-state index < -0.39 is 0 Å². The summed E-state index contributed by atoms with van der Waals surface area (Å²) in [6, 6.07) is 5.02. The van der Waals surface area contributed by atoms with Gasteiger partial charge in [0.1, 0.15) is 5.82 Å². The van der Waals surface area contributed by atoms with Crippen molar-refractivity contribution in [3.63, 3.8) is 0 Å². The van der Waals surface area contributed by atoms with Gasteiger partial charge in [0.2, 0.25) is 0 Å². The van der Waals surface area contributed by atoms with E-state index in [9.17, 15) is 4.39 Å². The summed E-state index contributed by atoms with van der Waals surface area (Å²) in [5.74, 6) is -0.214. The van der Waals surface area contributed by atoms with Crippen molar-refractivity contribution in [2.45, 2.75) is 11.8 Å². The number of alkyl halides is 1. The van der Waals surface area contributed by atoms with Gasteiger partial charge in [0.25, 0.3) is 0 Å². The second-order valence-corrected chi connectivity index (χ2v) is 4.43. The van der Waals surface area contributed by atoms with Crippen LogP contribution >= 0.6 is 31.9 Å². The third-order valence-electron chi connectivity index (χ3n) is 1.41. The number of benzene rings is 1. The van der Waals surface area contributed by atoms with Crippen LogP contribution < -0.4 is 0 Å². The van der Waals surface area contributed by atoms with Gasteiger partial charge < -0.3 is 0 Å². The van der Waals surface area contributed by atoms with Gasteiger partial charge in [-0.15, -0.1) is 0 Å². The van der Waals surface area contributed by atoms with E-state index in [0.717, 1.165) is 5.56 Å². The lowest BCUT2D eigenvalue weighted by atomic mass is 10.2. The summed E-state index contributed by atoms with van der Waals surface area (Å²) in [5, 5.41) is 0. The van der Waals surface area contributed by atoms with E-state index in [-0.39, 0.29) is 10.6 Å². The zero-order valence-electron chi connectivity index (χ0n) is 5.94. The largest absolute Gasteiger partial charge is 0.206 e. The van der Waals surface area contributed by atoms with Gasteiger partial charge in [0, 0.05) is 4.83 Å². The molecule has 1 aromatic rings. The molecule has 0 saturated heterocycles. The van der Waals surface area contributed by atoms with Gasteiger partial charge >= 0.3 is 0 Å². The highest BCUT2D eigenvalue weighted by molar-refractivity contribution is 9.11. The van der Waals surface area contributed by atoms with Crippen molar-refractivity contribution in [3.8, 4) is 0 Å². The van der Waals surface area contributed by atoms with Gasteiger partial charge in [0.15, 0.2) is 0 Å². The Morgan fingerprint density at radius 2 is 2.09 bits per heavy atom. The van der Waals surface area contributed by atoms with Gasteiger partial charge in [-0.1, -0.05) is 28.1 Å². The molecular formula is C8H7Br2F. The Morgan fingerprint density at radius 1 is 1.45 bits per heavy atom. The number of rotatable bonds is 1. The monoisotopic (exact) mass is 280 g/mol. The topological polar surface area (TPSA) is 0 Å². The first kappa shape index (κ1) is 9.20. The highest BCUT2D eigenvalue weighted by Gasteiger charge is 2.08. The van der Waals surface area contributed by atoms with E-state index in [1.54, 1.807) is 6.07 Å². The highest BCUT2D eigenvalue weighted by atomic mass is 79.9. The zero-order valence-corrected chi connectivity index (χ0v) is 9.12. The summed E-state index contributed by atoms with van der Waals surface area (Å²) in [5.41, 5.74) is 0.935. The molecule has 0 aliphatic rings. The van der Waals surface area contributed by atoms with Crippen LogP contribution in [0.15, 0.2) is 22.7 Å². The summed E-state index contributed by atoms with van der Waals surface area (Å²) >= 11 is 6.55. The van der Waals surface area contributed by atoms with E-state index in [0.29, 0.717) is 4.47 Å². The molecule has 0 radical (unpaired) electrons. The fourth-order valence-corrected chi connectivity index (χ4v) is 2.12. The van der Waals surface area contributed by atoms with E-state index >= 15 is 0 Å². The fourth-order valence-electron chi connectivity index (χ4n) is 0.828. The average molecular weight is 282 g/mol. The van der Waals surface area contributed by atoms with E-state index in [2.05, 4.69) is 31.9 Å². The maximum atomic E-state index is 12.9. The molecule has 0 saturated carbocycles. The summed E-state index contributed by atoms with van der Waals surface area (Å²) in [6.07, 6.45) is 0. The van der Waals surface area contributed by atoms with Crippen LogP contribution in [0.25, 0.3) is 0 Å². The Morgan fingerprint density at radius 3 is 2.55 bits per heavy atom. The molecule has 0 fully saturated rings. The van der Waals surface area contributed by atoms with Crippen LogP contribution in [0.2, 0.25) is 0 Å². The van der Waals surface area contributed by atoms with Gasteiger partial charge in [-0.25, -0.2) is 4.39 Å². The van der Waals surface area contributed by atoms with Crippen LogP contribution in [0.3, 0.4) is 0 Å². The molecule has 0 heterocycles. The van der Waals surface area contributed by atoms with E-state index in [1.807, 2.05) is 13.0 Å². The molecule has 1 unspecified atom stereocenters. The molecule has 1 rings (SSSR count). The Kier molecular flexibility index (Phi) is 3.07. The standard InChI is InChI=1S/C8H7Br2F/c1-5(9)6-3-2-4-7(11)8(6)10/h2-5H,1H3. The van der Waals surface area contributed by atoms with Gasteiger partial charge in [-0.05, 0) is 34.5 Å². The molecule has 1 aromatic carbocycles. The lowest BCUT2D eigenvalue weighted by Crippen LogP contribution is -1.88. The summed E-state index contributed by atoms with van der Waals surface area (Å²) in [7, 11) is 0. The van der Waals surface area contributed by atoms with E-state index in [1.165, 1.54) is 6.07 Å². The second kappa shape index (κ2) is 3.68. The molecule has 11 heavy (non-hydrogen) atoms. The quantitative estimate of drug-likeness (QED) is 0.682. The van der Waals surface area contributed by atoms with Gasteiger partial charge in [-0.2, -0.15) is 0 Å². The van der Waals surface area contributed by atoms with Crippen LogP contribution in [0.1, 0.15) is 17.3 Å². The Hall–Kier alpha value is 0.110. The van der Waals surface area contributed by atoms with Crippen LogP contribution in [0.5, 0.6) is 0 Å². The summed E-state index contributed by atoms with van der Waals surface area (Å²) in [4.78, 5) is 0.174. The normalized spacial score (nSPS) is 13.1. The third-order valence-corrected chi connectivity index (χ3v) is 2.74. The smallest absolute Gasteiger partial charge is 0.137 e. The van der Waals surface area contributed by atoms with Crippen molar-refractivity contribution < 1.29 is 4.39 Å². The number of hydrogen-bond acceptors (Lipinski definition) is 0. The molecule has 0 spiro atoms. The van der Waals surface area contributed by atoms with Crippen molar-refractivity contribution in [2.75, 3.05) is 0 Å². The molecular weight excluding hydrogens is 275 g/mol. The molecule has 0 aromatic heterocycles. The van der Waals surface area contributed by atoms with Crippen molar-refractivity contribution in [2.24, 2.45) is 0 Å². The maximum Gasteiger partial charge on any atom is 0.137 e. The van der Waals surface area contributed by atoms with Crippen LogP contribution in [-0.2, 0) is 0 Å². The molecule has 0 bridgehead atoms. The first-order valence-electron chi connectivity index (χ1n) is 3.21. The first-order chi connectivity index (χ1) is 5.13. The predicted molar refractivity (Wildman–Crippen MR) is 51.4 cm³/mol. The highest BCUT2D eigenvalue weighted by Crippen LogP contribution is 2.30. The Labute approximate surface area is 82.1 Å². The SMILES string of the molecule is CC(Br)c1cccc(F)c1Br. The van der Waals surface area contributed by atoms with Crippen LogP contribution in [-0.4, -0.2) is 0 Å². The fraction of sp³-hybridized carbons (Fsp3) is 0.250. The Balaban J connectivity index is 3.17. The minimum Gasteiger partial charge on any atom is -0.206 e. The minimum absolute atomic E-state index is 0.174. The average Bonchev–Trinajstić information content (AvgIpc) is 1.94. The molecule has 0 amide bonds. The van der Waals surface area contributed by atoms with E-state index in [4.69, 9.17) is 0 Å². The minimum atomic E-state index is -0.214.